The van der Waals surface area contributed by atoms with E-state index in [0.29, 0.717) is 13.2 Å². The van der Waals surface area contributed by atoms with Crippen molar-refractivity contribution in [3.8, 4) is 0 Å². The minimum absolute atomic E-state index is 0.149. The summed E-state index contributed by atoms with van der Waals surface area (Å²) in [7, 11) is 0. The number of carbonyl (C=O) groups excluding carboxylic acids is 2. The quantitative estimate of drug-likeness (QED) is 0.0284. The van der Waals surface area contributed by atoms with Crippen LogP contribution in [0.2, 0.25) is 8.87 Å². The number of esters is 2. The van der Waals surface area contributed by atoms with Crippen LogP contribution < -0.4 is 0 Å². The van der Waals surface area contributed by atoms with E-state index in [9.17, 15) is 19.2 Å². The van der Waals surface area contributed by atoms with Crippen molar-refractivity contribution in [3.63, 3.8) is 0 Å². The van der Waals surface area contributed by atoms with Gasteiger partial charge in [-0.1, -0.05) is 142 Å². The molecule has 0 aliphatic carbocycles. The van der Waals surface area contributed by atoms with Gasteiger partial charge in [0.15, 0.2) is 0 Å². The molecular weight excluding hydrogens is 751 g/mol. The topological polar surface area (TPSA) is 127 Å². The van der Waals surface area contributed by atoms with Gasteiger partial charge in [-0.2, -0.15) is 0 Å². The number of hydrogen-bond acceptors (Lipinski definition) is 6. The summed E-state index contributed by atoms with van der Waals surface area (Å²) in [5, 5.41) is 16.7. The molecule has 2 radical (unpaired) electrons. The maximum atomic E-state index is 11.1. The van der Waals surface area contributed by atoms with E-state index in [2.05, 4.69) is 27.7 Å². The summed E-state index contributed by atoms with van der Waals surface area (Å²) in [6, 6.07) is 0. The van der Waals surface area contributed by atoms with Crippen LogP contribution in [0.25, 0.3) is 0 Å². The number of unbranched alkanes of at least 4 members (excludes halogenated alkanes) is 22. The summed E-state index contributed by atoms with van der Waals surface area (Å²) in [6.45, 7) is 9.80. The number of carbonyl (C=O) groups is 4. The molecule has 0 aliphatic heterocycles. The molecule has 0 saturated carbocycles. The summed E-state index contributed by atoms with van der Waals surface area (Å²) < 4.78 is 13.0. The van der Waals surface area contributed by atoms with Gasteiger partial charge in [0, 0.05) is 24.3 Å². The molecule has 0 saturated heterocycles. The molecule has 0 aliphatic rings. The Morgan fingerprint density at radius 3 is 0.902 bits per heavy atom. The van der Waals surface area contributed by atoms with Crippen molar-refractivity contribution in [3.05, 3.63) is 24.3 Å². The van der Waals surface area contributed by atoms with Gasteiger partial charge in [-0.3, -0.25) is 0 Å². The van der Waals surface area contributed by atoms with E-state index in [4.69, 9.17) is 19.7 Å². The molecule has 0 aromatic carbocycles. The van der Waals surface area contributed by atoms with Gasteiger partial charge in [0.25, 0.3) is 0 Å². The summed E-state index contributed by atoms with van der Waals surface area (Å²) in [5.74, 6) is -3.43. The van der Waals surface area contributed by atoms with E-state index >= 15 is 0 Å². The van der Waals surface area contributed by atoms with Crippen molar-refractivity contribution in [1.29, 1.82) is 0 Å². The van der Waals surface area contributed by atoms with Crippen molar-refractivity contribution in [2.45, 2.75) is 204 Å². The van der Waals surface area contributed by atoms with E-state index in [1.54, 1.807) is 8.87 Å². The summed E-state index contributed by atoms with van der Waals surface area (Å²) in [5.41, 5.74) is 0. The molecule has 0 heterocycles. The first-order chi connectivity index (χ1) is 24.7. The maximum absolute atomic E-state index is 11.1. The van der Waals surface area contributed by atoms with E-state index in [1.165, 1.54) is 141 Å². The summed E-state index contributed by atoms with van der Waals surface area (Å²) >= 11 is 0.149. The molecular formula is C42H78O8Sn. The van der Waals surface area contributed by atoms with Crippen LogP contribution in [0.5, 0.6) is 0 Å². The number of carboxylic acid groups (broad SMARTS) is 2. The Bertz CT molecular complexity index is 762. The molecule has 0 spiro atoms. The molecule has 298 valence electrons. The number of hydrogen-bond donors (Lipinski definition) is 2. The van der Waals surface area contributed by atoms with Crippen LogP contribution >= 0.6 is 0 Å². The Hall–Kier alpha value is -1.84. The Kier molecular flexibility index (Phi) is 50.5. The fourth-order valence-corrected chi connectivity index (χ4v) is 9.14. The Labute approximate surface area is 323 Å². The van der Waals surface area contributed by atoms with Crippen LogP contribution in [-0.4, -0.2) is 68.4 Å². The first-order valence-corrected chi connectivity index (χ1v) is 24.6. The van der Waals surface area contributed by atoms with Crippen molar-refractivity contribution in [1.82, 2.24) is 0 Å². The molecule has 9 heteroatoms. The third-order valence-electron chi connectivity index (χ3n) is 8.12. The van der Waals surface area contributed by atoms with Crippen LogP contribution in [0.4, 0.5) is 0 Å². The number of carboxylic acids is 2. The zero-order valence-electron chi connectivity index (χ0n) is 33.4. The van der Waals surface area contributed by atoms with Gasteiger partial charge in [-0.05, 0) is 12.8 Å². The molecule has 0 bridgehead atoms. The van der Waals surface area contributed by atoms with Gasteiger partial charge < -0.3 is 19.7 Å². The SMILES string of the molecule is CCCCCCCCCCCCCOC(=O)/C=C\C(=O)O.CCCCCCCCCCCCCOC(=O)/C=C\C(=O)O.CCC[CH2][Sn][CH2]CCC. The molecule has 0 aromatic heterocycles. The average molecular weight is 830 g/mol. The molecule has 2 N–H and O–H groups in total. The molecule has 0 atom stereocenters. The second-order valence-electron chi connectivity index (χ2n) is 13.2. The van der Waals surface area contributed by atoms with Crippen molar-refractivity contribution >= 4 is 45.0 Å². The summed E-state index contributed by atoms with van der Waals surface area (Å²) in [4.78, 5) is 42.5. The second kappa shape index (κ2) is 48.2. The zero-order chi connectivity index (χ0) is 38.5. The molecule has 0 rings (SSSR count). The van der Waals surface area contributed by atoms with Gasteiger partial charge in [0.1, 0.15) is 0 Å². The van der Waals surface area contributed by atoms with Crippen molar-refractivity contribution in [2.24, 2.45) is 0 Å². The summed E-state index contributed by atoms with van der Waals surface area (Å²) in [6.07, 6.45) is 36.8. The third kappa shape index (κ3) is 57.7. The number of ether oxygens (including phenoxy) is 2. The molecule has 0 unspecified atom stereocenters. The Morgan fingerprint density at radius 2 is 0.647 bits per heavy atom. The average Bonchev–Trinajstić information content (AvgIpc) is 3.11. The van der Waals surface area contributed by atoms with Gasteiger partial charge in [0.05, 0.1) is 13.2 Å². The standard InChI is InChI=1S/2C17H30O4.2C4H9.Sn/c2*1-2-3-4-5-6-7-8-9-10-11-12-15-21-17(20)14-13-16(18)19;2*1-3-4-2;/h2*13-14H,2-12,15H2,1H3,(H,18,19);2*1,3-4H2,2H3;/b2*14-13-;;;. The van der Waals surface area contributed by atoms with Crippen LogP contribution in [-0.2, 0) is 28.7 Å². The second-order valence-corrected chi connectivity index (χ2v) is 17.5. The van der Waals surface area contributed by atoms with E-state index < -0.39 is 23.9 Å². The predicted octanol–water partition coefficient (Wildman–Crippen LogP) is 12.1. The van der Waals surface area contributed by atoms with Gasteiger partial charge in [-0.15, -0.1) is 0 Å². The molecule has 0 amide bonds. The van der Waals surface area contributed by atoms with Gasteiger partial charge >= 0.3 is 93.4 Å². The number of aliphatic carboxylic acids is 2. The molecule has 0 fully saturated rings. The van der Waals surface area contributed by atoms with Crippen molar-refractivity contribution in [2.75, 3.05) is 13.2 Å². The Morgan fingerprint density at radius 1 is 0.392 bits per heavy atom. The molecule has 8 nitrogen and oxygen atoms in total. The van der Waals surface area contributed by atoms with E-state index in [1.807, 2.05) is 0 Å². The van der Waals surface area contributed by atoms with E-state index in [-0.39, 0.29) is 21.1 Å². The molecule has 51 heavy (non-hydrogen) atoms. The Balaban J connectivity index is -0.000000731. The van der Waals surface area contributed by atoms with Crippen molar-refractivity contribution < 1.29 is 38.9 Å². The van der Waals surface area contributed by atoms with Crippen LogP contribution in [0.15, 0.2) is 24.3 Å². The van der Waals surface area contributed by atoms with Gasteiger partial charge in [-0.25, -0.2) is 19.2 Å². The zero-order valence-corrected chi connectivity index (χ0v) is 36.2. The minimum atomic E-state index is -1.14. The fourth-order valence-electron chi connectivity index (χ4n) is 4.98. The third-order valence-corrected chi connectivity index (χ3v) is 12.2. The normalized spacial score (nSPS) is 10.7. The van der Waals surface area contributed by atoms with E-state index in [0.717, 1.165) is 50.0 Å². The van der Waals surface area contributed by atoms with Crippen LogP contribution in [0.1, 0.15) is 195 Å². The van der Waals surface area contributed by atoms with Gasteiger partial charge in [0.2, 0.25) is 0 Å². The predicted molar refractivity (Wildman–Crippen MR) is 214 cm³/mol. The first-order valence-electron chi connectivity index (χ1n) is 20.6. The van der Waals surface area contributed by atoms with Crippen LogP contribution in [0, 0.1) is 0 Å². The van der Waals surface area contributed by atoms with Crippen LogP contribution in [0.3, 0.4) is 0 Å². The monoisotopic (exact) mass is 830 g/mol. The molecule has 0 aromatic rings. The fraction of sp³-hybridized carbons (Fsp3) is 0.810. The number of rotatable bonds is 34. The first kappa shape index (κ1) is 53.5.